The fourth-order valence-electron chi connectivity index (χ4n) is 1.82. The Morgan fingerprint density at radius 3 is 2.88 bits per heavy atom. The van der Waals surface area contributed by atoms with E-state index in [2.05, 4.69) is 26.0 Å². The maximum Gasteiger partial charge on any atom is 0.170 e. The molecule has 0 aliphatic heterocycles. The van der Waals surface area contributed by atoms with Crippen LogP contribution in [0.15, 0.2) is 33.4 Å². The molecule has 0 fully saturated rings. The topological polar surface area (TPSA) is 43.3 Å². The van der Waals surface area contributed by atoms with Crippen LogP contribution in [0.1, 0.15) is 11.4 Å². The van der Waals surface area contributed by atoms with Gasteiger partial charge >= 0.3 is 0 Å². The molecule has 3 rings (SSSR count). The molecule has 0 aromatic carbocycles. The zero-order valence-corrected chi connectivity index (χ0v) is 11.0. The molecule has 3 aromatic rings. The fraction of sp³-hybridized carbons (Fsp3) is 0.167. The lowest BCUT2D eigenvalue weighted by molar-refractivity contribution is 0.577. The Balaban J connectivity index is 2.42. The molecule has 0 saturated heterocycles. The van der Waals surface area contributed by atoms with Crippen LogP contribution in [0.2, 0.25) is 0 Å². The lowest BCUT2D eigenvalue weighted by Crippen LogP contribution is -1.97. The molecule has 0 aliphatic carbocycles. The van der Waals surface area contributed by atoms with E-state index in [0.717, 1.165) is 33.0 Å². The Morgan fingerprint density at radius 2 is 2.18 bits per heavy atom. The predicted octanol–water partition coefficient (Wildman–Crippen LogP) is 3.37. The van der Waals surface area contributed by atoms with E-state index in [1.54, 1.807) is 10.8 Å². The Labute approximate surface area is 106 Å². The average Bonchev–Trinajstić information content (AvgIpc) is 2.90. The summed E-state index contributed by atoms with van der Waals surface area (Å²) in [4.78, 5) is 4.48. The van der Waals surface area contributed by atoms with Gasteiger partial charge in [0.15, 0.2) is 11.4 Å². The molecule has 0 bridgehead atoms. The second kappa shape index (κ2) is 3.70. The van der Waals surface area contributed by atoms with Crippen LogP contribution in [0.5, 0.6) is 0 Å². The van der Waals surface area contributed by atoms with Crippen LogP contribution < -0.4 is 0 Å². The van der Waals surface area contributed by atoms with Crippen LogP contribution in [0.25, 0.3) is 17.1 Å². The SMILES string of the molecule is Cc1cc(-c2ccco2)n2nc(C)c(Br)c2n1. The first-order valence-corrected chi connectivity index (χ1v) is 6.02. The number of hydrogen-bond donors (Lipinski definition) is 0. The van der Waals surface area contributed by atoms with Gasteiger partial charge in [-0.3, -0.25) is 0 Å². The van der Waals surface area contributed by atoms with Gasteiger partial charge in [0.05, 0.1) is 16.4 Å². The number of fused-ring (bicyclic) bond motifs is 1. The Hall–Kier alpha value is -1.62. The van der Waals surface area contributed by atoms with Crippen molar-refractivity contribution in [2.24, 2.45) is 0 Å². The monoisotopic (exact) mass is 291 g/mol. The van der Waals surface area contributed by atoms with Crippen LogP contribution in [0.3, 0.4) is 0 Å². The van der Waals surface area contributed by atoms with Gasteiger partial charge in [-0.1, -0.05) is 0 Å². The minimum absolute atomic E-state index is 0.788. The number of furan rings is 1. The minimum Gasteiger partial charge on any atom is -0.463 e. The molecule has 0 N–H and O–H groups in total. The van der Waals surface area contributed by atoms with Crippen molar-refractivity contribution in [1.82, 2.24) is 14.6 Å². The van der Waals surface area contributed by atoms with E-state index in [0.29, 0.717) is 0 Å². The van der Waals surface area contributed by atoms with Gasteiger partial charge in [-0.25, -0.2) is 9.50 Å². The molecule has 0 spiro atoms. The number of aromatic nitrogens is 3. The molecule has 0 atom stereocenters. The molecule has 0 unspecified atom stereocenters. The third-order valence-electron chi connectivity index (χ3n) is 2.59. The van der Waals surface area contributed by atoms with Crippen molar-refractivity contribution in [1.29, 1.82) is 0 Å². The summed E-state index contributed by atoms with van der Waals surface area (Å²) < 4.78 is 8.15. The van der Waals surface area contributed by atoms with E-state index in [1.165, 1.54) is 0 Å². The molecule has 4 nitrogen and oxygen atoms in total. The molecule has 3 aromatic heterocycles. The third kappa shape index (κ3) is 1.58. The van der Waals surface area contributed by atoms with Gasteiger partial charge in [0.1, 0.15) is 5.69 Å². The first-order chi connectivity index (χ1) is 8.16. The maximum absolute atomic E-state index is 5.43. The zero-order chi connectivity index (χ0) is 12.0. The smallest absolute Gasteiger partial charge is 0.170 e. The molecule has 0 saturated carbocycles. The molecular formula is C12H10BrN3O. The van der Waals surface area contributed by atoms with Crippen molar-refractivity contribution < 1.29 is 4.42 Å². The summed E-state index contributed by atoms with van der Waals surface area (Å²) in [6, 6.07) is 5.74. The van der Waals surface area contributed by atoms with E-state index in [1.807, 2.05) is 32.0 Å². The fourth-order valence-corrected chi connectivity index (χ4v) is 2.15. The second-order valence-electron chi connectivity index (χ2n) is 3.89. The normalized spacial score (nSPS) is 11.2. The van der Waals surface area contributed by atoms with Crippen LogP contribution >= 0.6 is 15.9 Å². The summed E-state index contributed by atoms with van der Waals surface area (Å²) >= 11 is 3.51. The molecular weight excluding hydrogens is 282 g/mol. The first kappa shape index (κ1) is 10.5. The molecule has 0 aliphatic rings. The largest absolute Gasteiger partial charge is 0.463 e. The summed E-state index contributed by atoms with van der Waals surface area (Å²) in [6.45, 7) is 3.90. The van der Waals surface area contributed by atoms with Crippen LogP contribution in [-0.4, -0.2) is 14.6 Å². The number of rotatable bonds is 1. The first-order valence-electron chi connectivity index (χ1n) is 5.23. The summed E-state index contributed by atoms with van der Waals surface area (Å²) in [5, 5.41) is 4.46. The van der Waals surface area contributed by atoms with Crippen molar-refractivity contribution >= 4 is 21.6 Å². The van der Waals surface area contributed by atoms with Crippen molar-refractivity contribution in [2.45, 2.75) is 13.8 Å². The summed E-state index contributed by atoms with van der Waals surface area (Å²) in [5.41, 5.74) is 3.57. The minimum atomic E-state index is 0.788. The van der Waals surface area contributed by atoms with Crippen LogP contribution in [0, 0.1) is 13.8 Å². The van der Waals surface area contributed by atoms with Crippen LogP contribution in [0.4, 0.5) is 0 Å². The number of nitrogens with zero attached hydrogens (tertiary/aromatic N) is 3. The van der Waals surface area contributed by atoms with Crippen molar-refractivity contribution in [3.05, 3.63) is 40.3 Å². The van der Waals surface area contributed by atoms with Gasteiger partial charge in [0.2, 0.25) is 0 Å². The molecule has 5 heteroatoms. The van der Waals surface area contributed by atoms with E-state index < -0.39 is 0 Å². The van der Waals surface area contributed by atoms with Crippen LogP contribution in [-0.2, 0) is 0 Å². The van der Waals surface area contributed by atoms with Gasteiger partial charge in [-0.2, -0.15) is 5.10 Å². The molecule has 0 amide bonds. The second-order valence-corrected chi connectivity index (χ2v) is 4.69. The quantitative estimate of drug-likeness (QED) is 0.690. The van der Waals surface area contributed by atoms with Gasteiger partial charge in [0, 0.05) is 5.69 Å². The van der Waals surface area contributed by atoms with Crippen molar-refractivity contribution in [3.8, 4) is 11.5 Å². The van der Waals surface area contributed by atoms with E-state index in [-0.39, 0.29) is 0 Å². The van der Waals surface area contributed by atoms with Crippen molar-refractivity contribution in [3.63, 3.8) is 0 Å². The lowest BCUT2D eigenvalue weighted by atomic mass is 10.3. The highest BCUT2D eigenvalue weighted by molar-refractivity contribution is 9.10. The van der Waals surface area contributed by atoms with E-state index in [4.69, 9.17) is 4.42 Å². The predicted molar refractivity (Wildman–Crippen MR) is 67.9 cm³/mol. The molecule has 0 radical (unpaired) electrons. The highest BCUT2D eigenvalue weighted by Gasteiger charge is 2.14. The number of hydrogen-bond acceptors (Lipinski definition) is 3. The average molecular weight is 292 g/mol. The van der Waals surface area contributed by atoms with Crippen molar-refractivity contribution in [2.75, 3.05) is 0 Å². The third-order valence-corrected chi connectivity index (χ3v) is 3.52. The van der Waals surface area contributed by atoms with Gasteiger partial charge in [-0.15, -0.1) is 0 Å². The maximum atomic E-state index is 5.43. The van der Waals surface area contributed by atoms with Gasteiger partial charge < -0.3 is 4.42 Å². The van der Waals surface area contributed by atoms with E-state index in [9.17, 15) is 0 Å². The zero-order valence-electron chi connectivity index (χ0n) is 9.44. The Bertz CT molecular complexity index is 685. The summed E-state index contributed by atoms with van der Waals surface area (Å²) in [5.74, 6) is 0.788. The highest BCUT2D eigenvalue weighted by Crippen LogP contribution is 2.26. The summed E-state index contributed by atoms with van der Waals surface area (Å²) in [6.07, 6.45) is 1.66. The molecule has 17 heavy (non-hydrogen) atoms. The standard InChI is InChI=1S/C12H10BrN3O/c1-7-6-9(10-4-3-5-17-10)16-12(14-7)11(13)8(2)15-16/h3-6H,1-2H3. The van der Waals surface area contributed by atoms with Gasteiger partial charge in [-0.05, 0) is 48.0 Å². The van der Waals surface area contributed by atoms with Gasteiger partial charge in [0.25, 0.3) is 0 Å². The molecule has 3 heterocycles. The Morgan fingerprint density at radius 1 is 1.35 bits per heavy atom. The van der Waals surface area contributed by atoms with E-state index >= 15 is 0 Å². The number of aryl methyl sites for hydroxylation is 2. The highest BCUT2D eigenvalue weighted by atomic mass is 79.9. The summed E-state index contributed by atoms with van der Waals surface area (Å²) in [7, 11) is 0. The molecule has 86 valence electrons. The number of halogens is 1. The lowest BCUT2D eigenvalue weighted by Gasteiger charge is -2.03. The Kier molecular flexibility index (Phi) is 2.29.